The normalized spacial score (nSPS) is 13.8. The van der Waals surface area contributed by atoms with Crippen LogP contribution in [-0.4, -0.2) is 22.7 Å². The summed E-state index contributed by atoms with van der Waals surface area (Å²) in [5.41, 5.74) is 0.920. The van der Waals surface area contributed by atoms with Crippen molar-refractivity contribution < 1.29 is 26.6 Å². The van der Waals surface area contributed by atoms with E-state index in [9.17, 15) is 17.4 Å². The minimum Gasteiger partial charge on any atom is -0.497 e. The Labute approximate surface area is 153 Å². The summed E-state index contributed by atoms with van der Waals surface area (Å²) < 4.78 is 64.3. The Kier molecular flexibility index (Phi) is 4.97. The Morgan fingerprint density at radius 2 is 1.70 bits per heavy atom. The number of methoxy groups -OCH3 is 1. The fourth-order valence-electron chi connectivity index (χ4n) is 2.32. The fourth-order valence-corrected chi connectivity index (χ4v) is 3.59. The molecule has 1 aromatic heterocycles. The van der Waals surface area contributed by atoms with Crippen LogP contribution in [0.1, 0.15) is 5.76 Å². The minimum atomic E-state index is -4.59. The molecule has 0 aliphatic rings. The van der Waals surface area contributed by atoms with Gasteiger partial charge >= 0.3 is 6.18 Å². The molecule has 27 heavy (non-hydrogen) atoms. The molecule has 0 aliphatic heterocycles. The fraction of sp³-hybridized carbons (Fsp3) is 0.167. The van der Waals surface area contributed by atoms with Gasteiger partial charge in [-0.05, 0) is 36.4 Å². The molecule has 0 fully saturated rings. The maximum atomic E-state index is 12.9. The first-order valence-electron chi connectivity index (χ1n) is 7.69. The molecule has 0 N–H and O–H groups in total. The van der Waals surface area contributed by atoms with E-state index >= 15 is 0 Å². The van der Waals surface area contributed by atoms with Crippen LogP contribution in [0, 0.1) is 0 Å². The number of aromatic nitrogens is 1. The quantitative estimate of drug-likeness (QED) is 0.611. The van der Waals surface area contributed by atoms with Gasteiger partial charge in [-0.2, -0.15) is 17.5 Å². The number of benzene rings is 2. The van der Waals surface area contributed by atoms with E-state index < -0.39 is 21.7 Å². The van der Waals surface area contributed by atoms with E-state index in [0.717, 1.165) is 6.07 Å². The third-order valence-electron chi connectivity index (χ3n) is 3.73. The molecule has 1 atom stereocenters. The van der Waals surface area contributed by atoms with Crippen LogP contribution in [0.2, 0.25) is 0 Å². The number of halogens is 3. The molecule has 1 heterocycles. The Hall–Kier alpha value is -2.81. The van der Waals surface area contributed by atoms with Crippen LogP contribution in [0.5, 0.6) is 5.75 Å². The first-order chi connectivity index (χ1) is 12.7. The summed E-state index contributed by atoms with van der Waals surface area (Å²) in [4.78, 5) is 0.540. The second-order valence-electron chi connectivity index (χ2n) is 5.69. The van der Waals surface area contributed by atoms with E-state index in [-0.39, 0.29) is 5.69 Å². The zero-order valence-electron chi connectivity index (χ0n) is 14.4. The predicted molar refractivity (Wildman–Crippen MR) is 94.4 cm³/mol. The minimum absolute atomic E-state index is 0.0567. The van der Waals surface area contributed by atoms with Crippen molar-refractivity contribution in [1.29, 1.82) is 0 Å². The number of nitrogens with zero attached hydrogens (tertiary/aromatic N) is 2. The van der Waals surface area contributed by atoms with Crippen LogP contribution < -0.4 is 4.74 Å². The SMILES string of the molecule is COc1ccc(S(C)(=O)=Nc2ccc(-c3cc(C(F)(F)F)on3)cc2)cc1. The van der Waals surface area contributed by atoms with Gasteiger partial charge < -0.3 is 9.26 Å². The maximum Gasteiger partial charge on any atom is 0.452 e. The topological polar surface area (TPSA) is 64.7 Å². The van der Waals surface area contributed by atoms with Crippen molar-refractivity contribution in [2.75, 3.05) is 13.4 Å². The molecule has 0 amide bonds. The van der Waals surface area contributed by atoms with Crippen LogP contribution in [0.3, 0.4) is 0 Å². The van der Waals surface area contributed by atoms with Crippen molar-refractivity contribution in [2.24, 2.45) is 4.36 Å². The molecule has 0 aliphatic carbocycles. The average Bonchev–Trinajstić information content (AvgIpc) is 3.13. The van der Waals surface area contributed by atoms with E-state index in [1.54, 1.807) is 48.5 Å². The summed E-state index contributed by atoms with van der Waals surface area (Å²) in [5, 5.41) is 3.43. The van der Waals surface area contributed by atoms with Gasteiger partial charge in [0.05, 0.1) is 22.5 Å². The summed E-state index contributed by atoms with van der Waals surface area (Å²) in [7, 11) is -1.16. The van der Waals surface area contributed by atoms with Crippen molar-refractivity contribution in [2.45, 2.75) is 11.1 Å². The van der Waals surface area contributed by atoms with E-state index in [0.29, 0.717) is 21.9 Å². The van der Waals surface area contributed by atoms with Gasteiger partial charge in [0.15, 0.2) is 0 Å². The van der Waals surface area contributed by atoms with Crippen LogP contribution in [0.15, 0.2) is 68.4 Å². The summed E-state index contributed by atoms with van der Waals surface area (Å²) >= 11 is 0. The lowest BCUT2D eigenvalue weighted by atomic mass is 10.1. The zero-order chi connectivity index (χ0) is 19.7. The summed E-state index contributed by atoms with van der Waals surface area (Å²) in [5.74, 6) is -0.522. The van der Waals surface area contributed by atoms with Gasteiger partial charge in [0, 0.05) is 22.8 Å². The van der Waals surface area contributed by atoms with Crippen molar-refractivity contribution >= 4 is 15.4 Å². The molecule has 142 valence electrons. The lowest BCUT2D eigenvalue weighted by Crippen LogP contribution is -2.02. The summed E-state index contributed by atoms with van der Waals surface area (Å²) in [6.45, 7) is 0. The van der Waals surface area contributed by atoms with E-state index in [4.69, 9.17) is 4.74 Å². The molecule has 0 bridgehead atoms. The Bertz CT molecular complexity index is 1050. The molecule has 0 spiro atoms. The molecule has 0 radical (unpaired) electrons. The number of hydrogen-bond acceptors (Lipinski definition) is 5. The molecule has 9 heteroatoms. The van der Waals surface area contributed by atoms with E-state index in [1.165, 1.54) is 13.4 Å². The summed E-state index contributed by atoms with van der Waals surface area (Å²) in [6, 6.07) is 13.8. The standard InChI is InChI=1S/C18H15F3N2O3S/c1-25-14-7-9-15(10-8-14)27(2,24)23-13-5-3-12(4-6-13)16-11-17(26-22-16)18(19,20)21/h3-11H,1-2H3. The van der Waals surface area contributed by atoms with Gasteiger partial charge in [-0.3, -0.25) is 0 Å². The van der Waals surface area contributed by atoms with Gasteiger partial charge in [0.1, 0.15) is 11.4 Å². The number of ether oxygens (including phenoxy) is 1. The number of alkyl halides is 3. The second kappa shape index (κ2) is 7.07. The van der Waals surface area contributed by atoms with Crippen LogP contribution in [0.4, 0.5) is 18.9 Å². The van der Waals surface area contributed by atoms with Crippen LogP contribution in [0.25, 0.3) is 11.3 Å². The van der Waals surface area contributed by atoms with Crippen LogP contribution >= 0.6 is 0 Å². The smallest absolute Gasteiger partial charge is 0.452 e. The largest absolute Gasteiger partial charge is 0.497 e. The molecule has 2 aromatic carbocycles. The molecule has 0 saturated heterocycles. The molecular formula is C18H15F3N2O3S. The van der Waals surface area contributed by atoms with Crippen molar-refractivity contribution in [3.63, 3.8) is 0 Å². The monoisotopic (exact) mass is 396 g/mol. The first kappa shape index (κ1) is 19.0. The van der Waals surface area contributed by atoms with Crippen molar-refractivity contribution in [3.05, 3.63) is 60.4 Å². The molecule has 3 rings (SSSR count). The Morgan fingerprint density at radius 1 is 1.07 bits per heavy atom. The second-order valence-corrected chi connectivity index (χ2v) is 7.95. The molecule has 1 unspecified atom stereocenters. The highest BCUT2D eigenvalue weighted by Crippen LogP contribution is 2.32. The lowest BCUT2D eigenvalue weighted by Gasteiger charge is -2.06. The van der Waals surface area contributed by atoms with Crippen LogP contribution in [-0.2, 0) is 15.9 Å². The molecule has 0 saturated carbocycles. The highest BCUT2D eigenvalue weighted by molar-refractivity contribution is 7.93. The van der Waals surface area contributed by atoms with Gasteiger partial charge in [0.2, 0.25) is 5.76 Å². The van der Waals surface area contributed by atoms with Gasteiger partial charge in [0.25, 0.3) is 0 Å². The maximum absolute atomic E-state index is 12.9. The third kappa shape index (κ3) is 4.30. The molecule has 5 nitrogen and oxygen atoms in total. The first-order valence-corrected chi connectivity index (χ1v) is 9.62. The highest BCUT2D eigenvalue weighted by Gasteiger charge is 2.36. The Morgan fingerprint density at radius 3 is 2.22 bits per heavy atom. The van der Waals surface area contributed by atoms with E-state index in [2.05, 4.69) is 14.0 Å². The van der Waals surface area contributed by atoms with Gasteiger partial charge in [-0.15, -0.1) is 0 Å². The zero-order valence-corrected chi connectivity index (χ0v) is 15.2. The predicted octanol–water partition coefficient (Wildman–Crippen LogP) is 5.16. The summed E-state index contributed by atoms with van der Waals surface area (Å²) in [6.07, 6.45) is -3.08. The van der Waals surface area contributed by atoms with Crippen molar-refractivity contribution in [3.8, 4) is 17.0 Å². The highest BCUT2D eigenvalue weighted by atomic mass is 32.2. The lowest BCUT2D eigenvalue weighted by molar-refractivity contribution is -0.155. The molecular weight excluding hydrogens is 381 g/mol. The number of hydrogen-bond donors (Lipinski definition) is 0. The van der Waals surface area contributed by atoms with Gasteiger partial charge in [-0.25, -0.2) is 4.21 Å². The Balaban J connectivity index is 1.87. The number of rotatable bonds is 4. The van der Waals surface area contributed by atoms with Crippen molar-refractivity contribution in [1.82, 2.24) is 5.16 Å². The molecule has 3 aromatic rings. The third-order valence-corrected chi connectivity index (χ3v) is 5.44. The average molecular weight is 396 g/mol. The van der Waals surface area contributed by atoms with Gasteiger partial charge in [-0.1, -0.05) is 17.3 Å². The van der Waals surface area contributed by atoms with E-state index in [1.807, 2.05) is 0 Å².